The van der Waals surface area contributed by atoms with Crippen LogP contribution in [0.25, 0.3) is 0 Å². The molecule has 6 heteroatoms. The SMILES string of the molecule is NCCCNNN(N)CCO. The predicted octanol–water partition coefficient (Wildman–Crippen LogP) is -2.49. The number of hydrazine groups is 3. The van der Waals surface area contributed by atoms with E-state index in [9.17, 15) is 0 Å². The highest BCUT2D eigenvalue weighted by Crippen LogP contribution is 1.68. The van der Waals surface area contributed by atoms with Crippen molar-refractivity contribution in [3.05, 3.63) is 0 Å². The lowest BCUT2D eigenvalue weighted by Crippen LogP contribution is -2.52. The van der Waals surface area contributed by atoms with Crippen LogP contribution in [0, 0.1) is 0 Å². The van der Waals surface area contributed by atoms with E-state index in [1.165, 1.54) is 5.12 Å². The molecule has 0 rings (SSSR count). The molecule has 0 heterocycles. The number of hydrogen-bond donors (Lipinski definition) is 5. The maximum Gasteiger partial charge on any atom is 0.0587 e. The molecule has 0 aliphatic rings. The third kappa shape index (κ3) is 7.66. The number of hydrogen-bond acceptors (Lipinski definition) is 6. The van der Waals surface area contributed by atoms with Crippen molar-refractivity contribution >= 4 is 0 Å². The lowest BCUT2D eigenvalue weighted by molar-refractivity contribution is 0.119. The Morgan fingerprint density at radius 1 is 1.45 bits per heavy atom. The minimum absolute atomic E-state index is 0.0298. The van der Waals surface area contributed by atoms with E-state index in [4.69, 9.17) is 16.7 Å². The Morgan fingerprint density at radius 3 is 2.73 bits per heavy atom. The van der Waals surface area contributed by atoms with Crippen molar-refractivity contribution in [3.8, 4) is 0 Å². The summed E-state index contributed by atoms with van der Waals surface area (Å²) in [5.41, 5.74) is 10.7. The third-order valence-corrected chi connectivity index (χ3v) is 1.07. The number of nitrogens with one attached hydrogen (secondary N) is 2. The smallest absolute Gasteiger partial charge is 0.0587 e. The Labute approximate surface area is 66.4 Å². The van der Waals surface area contributed by atoms with Gasteiger partial charge in [-0.3, -0.25) is 5.84 Å². The molecular formula is C5H17N5O. The first-order valence-corrected chi connectivity index (χ1v) is 3.63. The summed E-state index contributed by atoms with van der Waals surface area (Å²) < 4.78 is 0. The highest BCUT2D eigenvalue weighted by Gasteiger charge is 1.92. The average Bonchev–Trinajstić information content (AvgIpc) is 1.99. The maximum atomic E-state index is 8.43. The van der Waals surface area contributed by atoms with Crippen molar-refractivity contribution in [1.29, 1.82) is 0 Å². The second kappa shape index (κ2) is 7.86. The summed E-state index contributed by atoms with van der Waals surface area (Å²) in [7, 11) is 0. The van der Waals surface area contributed by atoms with Crippen molar-refractivity contribution in [2.45, 2.75) is 6.42 Å². The number of aliphatic hydroxyl groups is 1. The normalized spacial score (nSPS) is 10.9. The Bertz CT molecular complexity index is 81.3. The molecule has 0 aromatic carbocycles. The predicted molar refractivity (Wildman–Crippen MR) is 42.8 cm³/mol. The molecular weight excluding hydrogens is 146 g/mol. The van der Waals surface area contributed by atoms with Gasteiger partial charge in [0.15, 0.2) is 0 Å². The molecule has 6 nitrogen and oxygen atoms in total. The van der Waals surface area contributed by atoms with Gasteiger partial charge < -0.3 is 10.8 Å². The van der Waals surface area contributed by atoms with Crippen LogP contribution in [0.2, 0.25) is 0 Å². The summed E-state index contributed by atoms with van der Waals surface area (Å²) in [4.78, 5) is 0. The van der Waals surface area contributed by atoms with Crippen molar-refractivity contribution < 1.29 is 5.11 Å². The van der Waals surface area contributed by atoms with Gasteiger partial charge in [0.25, 0.3) is 0 Å². The largest absolute Gasteiger partial charge is 0.395 e. The molecule has 11 heavy (non-hydrogen) atoms. The zero-order valence-corrected chi connectivity index (χ0v) is 6.58. The van der Waals surface area contributed by atoms with Crippen molar-refractivity contribution in [3.63, 3.8) is 0 Å². The molecule has 0 aromatic heterocycles. The number of nitrogens with zero attached hydrogens (tertiary/aromatic N) is 1. The molecule has 0 saturated heterocycles. The van der Waals surface area contributed by atoms with Gasteiger partial charge in [-0.15, -0.1) is 0 Å². The maximum absolute atomic E-state index is 8.43. The molecule has 7 N–H and O–H groups in total. The number of rotatable bonds is 7. The quantitative estimate of drug-likeness (QED) is 0.162. The van der Waals surface area contributed by atoms with Crippen LogP contribution in [-0.2, 0) is 0 Å². The highest BCUT2D eigenvalue weighted by atomic mass is 16.3. The average molecular weight is 163 g/mol. The first-order chi connectivity index (χ1) is 5.31. The second-order valence-corrected chi connectivity index (χ2v) is 2.10. The third-order valence-electron chi connectivity index (χ3n) is 1.07. The molecule has 0 atom stereocenters. The van der Waals surface area contributed by atoms with Gasteiger partial charge in [-0.25, -0.2) is 5.43 Å². The van der Waals surface area contributed by atoms with E-state index < -0.39 is 0 Å². The van der Waals surface area contributed by atoms with Crippen LogP contribution in [0.1, 0.15) is 6.42 Å². The molecule has 0 radical (unpaired) electrons. The molecule has 0 fully saturated rings. The van der Waals surface area contributed by atoms with Crippen LogP contribution in [-0.4, -0.2) is 36.5 Å². The molecule has 0 spiro atoms. The fourth-order valence-corrected chi connectivity index (χ4v) is 0.512. The Morgan fingerprint density at radius 2 is 2.18 bits per heavy atom. The van der Waals surface area contributed by atoms with E-state index in [1.807, 2.05) is 0 Å². The molecule has 0 saturated carbocycles. The van der Waals surface area contributed by atoms with Gasteiger partial charge in [-0.05, 0) is 13.0 Å². The van der Waals surface area contributed by atoms with Gasteiger partial charge in [-0.2, -0.15) is 10.7 Å². The number of aliphatic hydroxyl groups excluding tert-OH is 1. The van der Waals surface area contributed by atoms with Gasteiger partial charge in [0.2, 0.25) is 0 Å². The summed E-state index contributed by atoms with van der Waals surface area (Å²) in [5.74, 6) is 5.33. The van der Waals surface area contributed by atoms with E-state index in [-0.39, 0.29) is 6.61 Å². The first kappa shape index (κ1) is 10.8. The van der Waals surface area contributed by atoms with Gasteiger partial charge >= 0.3 is 0 Å². The summed E-state index contributed by atoms with van der Waals surface area (Å²) in [6.07, 6.45) is 0.889. The van der Waals surface area contributed by atoms with Crippen molar-refractivity contribution in [1.82, 2.24) is 16.1 Å². The van der Waals surface area contributed by atoms with Crippen LogP contribution in [0.3, 0.4) is 0 Å². The van der Waals surface area contributed by atoms with Gasteiger partial charge in [0.1, 0.15) is 0 Å². The minimum atomic E-state index is 0.0298. The van der Waals surface area contributed by atoms with Crippen LogP contribution >= 0.6 is 0 Å². The number of nitrogens with two attached hydrogens (primary N) is 2. The molecule has 68 valence electrons. The first-order valence-electron chi connectivity index (χ1n) is 3.63. The Kier molecular flexibility index (Phi) is 7.69. The summed E-state index contributed by atoms with van der Waals surface area (Å²) in [5, 5.41) is 9.70. The van der Waals surface area contributed by atoms with Gasteiger partial charge in [0, 0.05) is 6.54 Å². The van der Waals surface area contributed by atoms with E-state index >= 15 is 0 Å². The standard InChI is InChI=1S/C5H17N5O/c6-2-1-3-8-9-10(7)4-5-11/h8-9,11H,1-7H2. The van der Waals surface area contributed by atoms with Crippen molar-refractivity contribution in [2.75, 3.05) is 26.2 Å². The van der Waals surface area contributed by atoms with Gasteiger partial charge in [-0.1, -0.05) is 0 Å². The molecule has 0 unspecified atom stereocenters. The Hall–Kier alpha value is -0.240. The monoisotopic (exact) mass is 163 g/mol. The lowest BCUT2D eigenvalue weighted by Gasteiger charge is -2.16. The molecule has 0 aliphatic carbocycles. The summed E-state index contributed by atoms with van der Waals surface area (Å²) in [6, 6.07) is 0. The molecule has 0 bridgehead atoms. The summed E-state index contributed by atoms with van der Waals surface area (Å²) >= 11 is 0. The molecule has 0 amide bonds. The van der Waals surface area contributed by atoms with Crippen LogP contribution in [0.4, 0.5) is 0 Å². The fourth-order valence-electron chi connectivity index (χ4n) is 0.512. The zero-order chi connectivity index (χ0) is 8.53. The van der Waals surface area contributed by atoms with E-state index in [2.05, 4.69) is 11.0 Å². The van der Waals surface area contributed by atoms with E-state index in [0.717, 1.165) is 13.0 Å². The second-order valence-electron chi connectivity index (χ2n) is 2.10. The van der Waals surface area contributed by atoms with Crippen LogP contribution < -0.4 is 22.5 Å². The fraction of sp³-hybridized carbons (Fsp3) is 1.00. The van der Waals surface area contributed by atoms with Crippen molar-refractivity contribution in [2.24, 2.45) is 11.6 Å². The van der Waals surface area contributed by atoms with E-state index in [0.29, 0.717) is 13.1 Å². The van der Waals surface area contributed by atoms with Crippen LogP contribution in [0.15, 0.2) is 0 Å². The molecule has 0 aromatic rings. The Balaban J connectivity index is 2.97. The summed E-state index contributed by atoms with van der Waals surface area (Å²) in [6.45, 7) is 1.83. The minimum Gasteiger partial charge on any atom is -0.395 e. The zero-order valence-electron chi connectivity index (χ0n) is 6.58. The van der Waals surface area contributed by atoms with Gasteiger partial charge in [0.05, 0.1) is 13.2 Å². The topological polar surface area (TPSA) is 99.6 Å². The molecule has 0 aliphatic heterocycles. The van der Waals surface area contributed by atoms with Crippen LogP contribution in [0.5, 0.6) is 0 Å². The highest BCUT2D eigenvalue weighted by molar-refractivity contribution is 4.41. The lowest BCUT2D eigenvalue weighted by atomic mass is 10.4. The van der Waals surface area contributed by atoms with E-state index in [1.54, 1.807) is 0 Å².